The summed E-state index contributed by atoms with van der Waals surface area (Å²) in [5.74, 6) is 0.493. The average molecular weight is 375 g/mol. The van der Waals surface area contributed by atoms with Crippen LogP contribution in [0.15, 0.2) is 16.8 Å². The van der Waals surface area contributed by atoms with Crippen molar-refractivity contribution in [3.63, 3.8) is 0 Å². The van der Waals surface area contributed by atoms with E-state index < -0.39 is 0 Å². The number of carbonyl (C=O) groups is 2. The Morgan fingerprint density at radius 3 is 2.81 bits per heavy atom. The minimum Gasteiger partial charge on any atom is -0.377 e. The van der Waals surface area contributed by atoms with E-state index in [4.69, 9.17) is 9.26 Å². The van der Waals surface area contributed by atoms with Crippen molar-refractivity contribution in [2.24, 2.45) is 0 Å². The predicted molar refractivity (Wildman–Crippen MR) is 95.7 cm³/mol. The van der Waals surface area contributed by atoms with Gasteiger partial charge in [0.1, 0.15) is 12.3 Å². The van der Waals surface area contributed by atoms with E-state index >= 15 is 0 Å². The highest BCUT2D eigenvalue weighted by Gasteiger charge is 2.29. The van der Waals surface area contributed by atoms with Crippen molar-refractivity contribution in [2.45, 2.75) is 46.3 Å². The number of ether oxygens (including phenoxy) is 1. The molecule has 1 aliphatic rings. The van der Waals surface area contributed by atoms with Gasteiger partial charge in [0.25, 0.3) is 0 Å². The van der Waals surface area contributed by atoms with Crippen LogP contribution in [-0.4, -0.2) is 57.5 Å². The zero-order valence-corrected chi connectivity index (χ0v) is 15.9. The van der Waals surface area contributed by atoms with E-state index in [-0.39, 0.29) is 30.8 Å². The Morgan fingerprint density at radius 2 is 2.15 bits per heavy atom. The Labute approximate surface area is 157 Å². The smallest absolute Gasteiger partial charge is 0.244 e. The standard InChI is InChI=1S/C18H25N5O4/c1-12-4-5-20-23(12)10-18(25)22-6-7-26-11-15(22)8-17(24)19-9-16-13(2)21-27-14(16)3/h4-5,15H,6-11H2,1-3H3,(H,19,24)/t15-/m0/s1. The monoisotopic (exact) mass is 375 g/mol. The van der Waals surface area contributed by atoms with Crippen LogP contribution in [0.5, 0.6) is 0 Å². The van der Waals surface area contributed by atoms with Crippen LogP contribution >= 0.6 is 0 Å². The van der Waals surface area contributed by atoms with Crippen LogP contribution in [0.4, 0.5) is 0 Å². The van der Waals surface area contributed by atoms with Crippen LogP contribution < -0.4 is 5.32 Å². The van der Waals surface area contributed by atoms with Gasteiger partial charge in [-0.25, -0.2) is 0 Å². The number of aryl methyl sites for hydroxylation is 3. The second kappa shape index (κ2) is 8.34. The van der Waals surface area contributed by atoms with Gasteiger partial charge in [-0.05, 0) is 26.8 Å². The van der Waals surface area contributed by atoms with E-state index in [2.05, 4.69) is 15.6 Å². The van der Waals surface area contributed by atoms with Gasteiger partial charge in [0, 0.05) is 37.0 Å². The molecule has 0 aromatic carbocycles. The molecule has 27 heavy (non-hydrogen) atoms. The minimum absolute atomic E-state index is 0.0615. The quantitative estimate of drug-likeness (QED) is 0.799. The second-order valence-corrected chi connectivity index (χ2v) is 6.73. The zero-order chi connectivity index (χ0) is 19.4. The van der Waals surface area contributed by atoms with Crippen LogP contribution in [0.3, 0.4) is 0 Å². The van der Waals surface area contributed by atoms with Crippen LogP contribution in [0.25, 0.3) is 0 Å². The molecule has 0 saturated carbocycles. The number of amides is 2. The fourth-order valence-corrected chi connectivity index (χ4v) is 3.16. The number of nitrogens with one attached hydrogen (secondary N) is 1. The Hall–Kier alpha value is -2.68. The molecular weight excluding hydrogens is 350 g/mol. The van der Waals surface area contributed by atoms with Crippen LogP contribution in [0.2, 0.25) is 0 Å². The summed E-state index contributed by atoms with van der Waals surface area (Å²) >= 11 is 0. The molecule has 1 aliphatic heterocycles. The lowest BCUT2D eigenvalue weighted by Crippen LogP contribution is -2.51. The van der Waals surface area contributed by atoms with E-state index in [0.717, 1.165) is 17.0 Å². The third-order valence-electron chi connectivity index (χ3n) is 4.83. The highest BCUT2D eigenvalue weighted by atomic mass is 16.5. The van der Waals surface area contributed by atoms with Gasteiger partial charge in [-0.2, -0.15) is 5.10 Å². The molecule has 0 aliphatic carbocycles. The molecule has 2 aromatic heterocycles. The van der Waals surface area contributed by atoms with Gasteiger partial charge in [0.05, 0.1) is 24.9 Å². The summed E-state index contributed by atoms with van der Waals surface area (Å²) in [6, 6.07) is 1.57. The Kier molecular flexibility index (Phi) is 5.90. The summed E-state index contributed by atoms with van der Waals surface area (Å²) in [6.45, 7) is 7.37. The molecule has 1 saturated heterocycles. The molecule has 9 heteroatoms. The largest absolute Gasteiger partial charge is 0.377 e. The molecule has 2 amide bonds. The van der Waals surface area contributed by atoms with Crippen molar-refractivity contribution in [2.75, 3.05) is 19.8 Å². The molecule has 0 radical (unpaired) electrons. The highest BCUT2D eigenvalue weighted by Crippen LogP contribution is 2.14. The maximum Gasteiger partial charge on any atom is 0.244 e. The first-order valence-corrected chi connectivity index (χ1v) is 8.99. The molecule has 3 heterocycles. The number of aromatic nitrogens is 3. The third-order valence-corrected chi connectivity index (χ3v) is 4.83. The molecule has 1 atom stereocenters. The summed E-state index contributed by atoms with van der Waals surface area (Å²) in [5, 5.41) is 10.9. The molecule has 0 unspecified atom stereocenters. The van der Waals surface area contributed by atoms with Crippen molar-refractivity contribution in [3.05, 3.63) is 35.0 Å². The minimum atomic E-state index is -0.285. The fraction of sp³-hybridized carbons (Fsp3) is 0.556. The predicted octanol–water partition coefficient (Wildman–Crippen LogP) is 0.730. The molecule has 146 valence electrons. The molecule has 0 bridgehead atoms. The third kappa shape index (κ3) is 4.54. The molecule has 3 rings (SSSR count). The van der Waals surface area contributed by atoms with Gasteiger partial charge in [-0.3, -0.25) is 14.3 Å². The lowest BCUT2D eigenvalue weighted by atomic mass is 10.1. The van der Waals surface area contributed by atoms with Gasteiger partial charge in [-0.1, -0.05) is 5.16 Å². The molecular formula is C18H25N5O4. The first-order valence-electron chi connectivity index (χ1n) is 8.99. The highest BCUT2D eigenvalue weighted by molar-refractivity contribution is 5.80. The lowest BCUT2D eigenvalue weighted by Gasteiger charge is -2.35. The van der Waals surface area contributed by atoms with E-state index in [9.17, 15) is 9.59 Å². The first-order chi connectivity index (χ1) is 13.0. The average Bonchev–Trinajstić information content (AvgIpc) is 3.19. The Balaban J connectivity index is 1.57. The number of morpholine rings is 1. The van der Waals surface area contributed by atoms with E-state index in [1.165, 1.54) is 0 Å². The van der Waals surface area contributed by atoms with Crippen molar-refractivity contribution < 1.29 is 18.8 Å². The van der Waals surface area contributed by atoms with Gasteiger partial charge in [-0.15, -0.1) is 0 Å². The summed E-state index contributed by atoms with van der Waals surface area (Å²) < 4.78 is 12.3. The number of carbonyl (C=O) groups excluding carboxylic acids is 2. The van der Waals surface area contributed by atoms with Gasteiger partial charge < -0.3 is 19.5 Å². The van der Waals surface area contributed by atoms with Gasteiger partial charge >= 0.3 is 0 Å². The summed E-state index contributed by atoms with van der Waals surface area (Å²) in [6.07, 6.45) is 1.86. The molecule has 1 N–H and O–H groups in total. The molecule has 1 fully saturated rings. The maximum absolute atomic E-state index is 12.7. The number of hydrogen-bond acceptors (Lipinski definition) is 6. The van der Waals surface area contributed by atoms with Gasteiger partial charge in [0.2, 0.25) is 11.8 Å². The topological polar surface area (TPSA) is 102 Å². The van der Waals surface area contributed by atoms with Gasteiger partial charge in [0.15, 0.2) is 0 Å². The number of hydrogen-bond donors (Lipinski definition) is 1. The Bertz CT molecular complexity index is 793. The van der Waals surface area contributed by atoms with Crippen molar-refractivity contribution >= 4 is 11.8 Å². The van der Waals surface area contributed by atoms with E-state index in [1.807, 2.05) is 26.8 Å². The zero-order valence-electron chi connectivity index (χ0n) is 15.9. The molecule has 9 nitrogen and oxygen atoms in total. The molecule has 2 aromatic rings. The van der Waals surface area contributed by atoms with Crippen LogP contribution in [-0.2, 0) is 27.4 Å². The van der Waals surface area contributed by atoms with Crippen molar-refractivity contribution in [3.8, 4) is 0 Å². The number of nitrogens with zero attached hydrogens (tertiary/aromatic N) is 4. The van der Waals surface area contributed by atoms with Crippen LogP contribution in [0, 0.1) is 20.8 Å². The van der Waals surface area contributed by atoms with E-state index in [0.29, 0.717) is 32.1 Å². The SMILES string of the molecule is Cc1noc(C)c1CNC(=O)C[C@H]1COCCN1C(=O)Cn1nccc1C. The first kappa shape index (κ1) is 19.1. The normalized spacial score (nSPS) is 17.1. The van der Waals surface area contributed by atoms with Crippen molar-refractivity contribution in [1.82, 2.24) is 25.2 Å². The lowest BCUT2D eigenvalue weighted by molar-refractivity contribution is -0.142. The van der Waals surface area contributed by atoms with Crippen LogP contribution in [0.1, 0.15) is 29.1 Å². The summed E-state index contributed by atoms with van der Waals surface area (Å²) in [5.41, 5.74) is 2.57. The summed E-state index contributed by atoms with van der Waals surface area (Å²) in [4.78, 5) is 26.8. The molecule has 0 spiro atoms. The maximum atomic E-state index is 12.7. The fourth-order valence-electron chi connectivity index (χ4n) is 3.16. The number of rotatable bonds is 6. The van der Waals surface area contributed by atoms with E-state index in [1.54, 1.807) is 15.8 Å². The second-order valence-electron chi connectivity index (χ2n) is 6.73. The summed E-state index contributed by atoms with van der Waals surface area (Å²) in [7, 11) is 0. The van der Waals surface area contributed by atoms with Crippen molar-refractivity contribution in [1.29, 1.82) is 0 Å². The Morgan fingerprint density at radius 1 is 1.33 bits per heavy atom.